The zero-order valence-electron chi connectivity index (χ0n) is 12.2. The Kier molecular flexibility index (Phi) is 4.51. The standard InChI is InChI=1S/C15H21NO5/c1-15(2)9-16(6-11(8-17)21-15)7-14(20)12-4-3-10(18)5-13(12)19/h3-5,11,17-19H,6-9H2,1-2H3. The minimum atomic E-state index is -0.442. The van der Waals surface area contributed by atoms with Gasteiger partial charge in [-0.05, 0) is 26.0 Å². The second kappa shape index (κ2) is 6.01. The van der Waals surface area contributed by atoms with Crippen LogP contribution in [0.4, 0.5) is 0 Å². The van der Waals surface area contributed by atoms with Crippen molar-refractivity contribution >= 4 is 5.78 Å². The van der Waals surface area contributed by atoms with Crippen molar-refractivity contribution < 1.29 is 24.9 Å². The van der Waals surface area contributed by atoms with Gasteiger partial charge in [-0.25, -0.2) is 0 Å². The minimum absolute atomic E-state index is 0.0862. The third-order valence-electron chi connectivity index (χ3n) is 3.40. The fraction of sp³-hybridized carbons (Fsp3) is 0.533. The van der Waals surface area contributed by atoms with Crippen LogP contribution in [0, 0.1) is 0 Å². The van der Waals surface area contributed by atoms with Crippen molar-refractivity contribution in [2.75, 3.05) is 26.2 Å². The summed E-state index contributed by atoms with van der Waals surface area (Å²) in [4.78, 5) is 14.2. The molecule has 116 valence electrons. The smallest absolute Gasteiger partial charge is 0.180 e. The lowest BCUT2D eigenvalue weighted by Gasteiger charge is -2.42. The molecule has 1 aromatic rings. The maximum absolute atomic E-state index is 12.3. The number of phenols is 2. The van der Waals surface area contributed by atoms with Crippen LogP contribution in [-0.4, -0.2) is 63.9 Å². The van der Waals surface area contributed by atoms with E-state index < -0.39 is 5.60 Å². The molecular formula is C15H21NO5. The highest BCUT2D eigenvalue weighted by Crippen LogP contribution is 2.25. The van der Waals surface area contributed by atoms with Crippen molar-refractivity contribution in [2.45, 2.75) is 25.6 Å². The summed E-state index contributed by atoms with van der Waals surface area (Å²) in [6.45, 7) is 4.87. The average Bonchev–Trinajstić information content (AvgIpc) is 2.36. The van der Waals surface area contributed by atoms with Gasteiger partial charge in [-0.15, -0.1) is 0 Å². The number of aromatic hydroxyl groups is 2. The average molecular weight is 295 g/mol. The van der Waals surface area contributed by atoms with E-state index in [9.17, 15) is 20.1 Å². The molecule has 1 aliphatic rings. The van der Waals surface area contributed by atoms with Gasteiger partial charge in [-0.2, -0.15) is 0 Å². The number of carbonyl (C=O) groups excluding carboxylic acids is 1. The molecule has 1 aliphatic heterocycles. The molecule has 0 radical (unpaired) electrons. The van der Waals surface area contributed by atoms with Crippen molar-refractivity contribution in [3.8, 4) is 11.5 Å². The number of aliphatic hydroxyl groups excluding tert-OH is 1. The van der Waals surface area contributed by atoms with Crippen LogP contribution in [0.2, 0.25) is 0 Å². The van der Waals surface area contributed by atoms with E-state index in [1.807, 2.05) is 18.7 Å². The van der Waals surface area contributed by atoms with Gasteiger partial charge in [0.15, 0.2) is 5.78 Å². The summed E-state index contributed by atoms with van der Waals surface area (Å²) in [5, 5.41) is 28.2. The molecule has 0 saturated carbocycles. The van der Waals surface area contributed by atoms with Gasteiger partial charge in [0.05, 0.1) is 30.4 Å². The number of ketones is 1. The van der Waals surface area contributed by atoms with Crippen molar-refractivity contribution in [3.63, 3.8) is 0 Å². The van der Waals surface area contributed by atoms with Crippen LogP contribution in [-0.2, 0) is 4.74 Å². The predicted molar refractivity (Wildman–Crippen MR) is 76.6 cm³/mol. The number of phenolic OH excluding ortho intramolecular Hbond substituents is 2. The van der Waals surface area contributed by atoms with Crippen molar-refractivity contribution in [2.24, 2.45) is 0 Å². The number of morpholine rings is 1. The van der Waals surface area contributed by atoms with Crippen LogP contribution >= 0.6 is 0 Å². The van der Waals surface area contributed by atoms with Gasteiger partial charge < -0.3 is 20.1 Å². The molecule has 1 aromatic carbocycles. The largest absolute Gasteiger partial charge is 0.508 e. The van der Waals surface area contributed by atoms with E-state index in [2.05, 4.69) is 0 Å². The van der Waals surface area contributed by atoms with Crippen molar-refractivity contribution in [3.05, 3.63) is 23.8 Å². The Labute approximate surface area is 123 Å². The lowest BCUT2D eigenvalue weighted by molar-refractivity contribution is -0.146. The number of Topliss-reactive ketones (excluding diaryl/α,β-unsaturated/α-hetero) is 1. The van der Waals surface area contributed by atoms with Crippen LogP contribution < -0.4 is 0 Å². The van der Waals surface area contributed by atoms with E-state index in [0.29, 0.717) is 13.1 Å². The number of ether oxygens (including phenoxy) is 1. The second-order valence-electron chi connectivity index (χ2n) is 5.98. The summed E-state index contributed by atoms with van der Waals surface area (Å²) in [6, 6.07) is 3.92. The Bertz CT molecular complexity index is 529. The lowest BCUT2D eigenvalue weighted by Crippen LogP contribution is -2.54. The summed E-state index contributed by atoms with van der Waals surface area (Å²) in [6.07, 6.45) is -0.324. The molecule has 0 aromatic heterocycles. The Hall–Kier alpha value is -1.63. The molecule has 1 fully saturated rings. The van der Waals surface area contributed by atoms with Crippen LogP contribution in [0.5, 0.6) is 11.5 Å². The minimum Gasteiger partial charge on any atom is -0.508 e. The number of rotatable bonds is 4. The zero-order valence-corrected chi connectivity index (χ0v) is 12.2. The van der Waals surface area contributed by atoms with E-state index >= 15 is 0 Å². The van der Waals surface area contributed by atoms with Crippen molar-refractivity contribution in [1.82, 2.24) is 4.90 Å². The molecule has 1 saturated heterocycles. The number of benzene rings is 1. The number of nitrogens with zero attached hydrogens (tertiary/aromatic N) is 1. The third kappa shape index (κ3) is 3.93. The van der Waals surface area contributed by atoms with Gasteiger partial charge in [0.1, 0.15) is 11.5 Å². The molecule has 21 heavy (non-hydrogen) atoms. The highest BCUT2D eigenvalue weighted by molar-refractivity contribution is 6.00. The summed E-state index contributed by atoms with van der Waals surface area (Å²) in [5.74, 6) is -0.551. The first-order chi connectivity index (χ1) is 9.80. The fourth-order valence-electron chi connectivity index (χ4n) is 2.68. The van der Waals surface area contributed by atoms with Gasteiger partial charge in [0.25, 0.3) is 0 Å². The number of hydrogen-bond acceptors (Lipinski definition) is 6. The molecule has 0 amide bonds. The maximum Gasteiger partial charge on any atom is 0.180 e. The van der Waals surface area contributed by atoms with Crippen molar-refractivity contribution in [1.29, 1.82) is 0 Å². The van der Waals surface area contributed by atoms with Crippen LogP contribution in [0.1, 0.15) is 24.2 Å². The SMILES string of the molecule is CC1(C)CN(CC(=O)c2ccc(O)cc2O)CC(CO)O1. The first kappa shape index (κ1) is 15.8. The van der Waals surface area contributed by atoms with Crippen LogP contribution in [0.15, 0.2) is 18.2 Å². The molecule has 0 bridgehead atoms. The van der Waals surface area contributed by atoms with Crippen LogP contribution in [0.3, 0.4) is 0 Å². The molecule has 2 rings (SSSR count). The van der Waals surface area contributed by atoms with Gasteiger partial charge in [-0.3, -0.25) is 9.69 Å². The molecule has 1 atom stereocenters. The van der Waals surface area contributed by atoms with Gasteiger partial charge >= 0.3 is 0 Å². The first-order valence-corrected chi connectivity index (χ1v) is 6.87. The van der Waals surface area contributed by atoms with E-state index in [1.165, 1.54) is 12.1 Å². The number of carbonyl (C=O) groups is 1. The molecule has 1 heterocycles. The molecule has 1 unspecified atom stereocenters. The summed E-state index contributed by atoms with van der Waals surface area (Å²) in [5.41, 5.74) is -0.263. The zero-order chi connectivity index (χ0) is 15.6. The topological polar surface area (TPSA) is 90.2 Å². The fourth-order valence-corrected chi connectivity index (χ4v) is 2.68. The predicted octanol–water partition coefficient (Wildman–Crippen LogP) is 0.752. The van der Waals surface area contributed by atoms with E-state index in [1.54, 1.807) is 0 Å². The molecule has 0 aliphatic carbocycles. The molecule has 3 N–H and O–H groups in total. The van der Waals surface area contributed by atoms with E-state index in [4.69, 9.17) is 4.74 Å². The Morgan fingerprint density at radius 1 is 1.43 bits per heavy atom. The third-order valence-corrected chi connectivity index (χ3v) is 3.40. The quantitative estimate of drug-likeness (QED) is 0.710. The monoisotopic (exact) mass is 295 g/mol. The summed E-state index contributed by atoms with van der Waals surface area (Å²) < 4.78 is 5.69. The Balaban J connectivity index is 2.08. The normalized spacial score (nSPS) is 22.1. The number of aliphatic hydroxyl groups is 1. The maximum atomic E-state index is 12.3. The van der Waals surface area contributed by atoms with Gasteiger partial charge in [0, 0.05) is 19.2 Å². The van der Waals surface area contributed by atoms with Gasteiger partial charge in [0.2, 0.25) is 0 Å². The molecule has 0 spiro atoms. The Morgan fingerprint density at radius 3 is 2.76 bits per heavy atom. The highest BCUT2D eigenvalue weighted by atomic mass is 16.5. The molecule has 6 nitrogen and oxygen atoms in total. The summed E-state index contributed by atoms with van der Waals surface area (Å²) in [7, 11) is 0. The summed E-state index contributed by atoms with van der Waals surface area (Å²) >= 11 is 0. The highest BCUT2D eigenvalue weighted by Gasteiger charge is 2.34. The van der Waals surface area contributed by atoms with E-state index in [-0.39, 0.29) is 42.1 Å². The molecular weight excluding hydrogens is 274 g/mol. The second-order valence-corrected chi connectivity index (χ2v) is 5.98. The first-order valence-electron chi connectivity index (χ1n) is 6.87. The van der Waals surface area contributed by atoms with E-state index in [0.717, 1.165) is 6.07 Å². The lowest BCUT2D eigenvalue weighted by atomic mass is 10.0. The number of hydrogen-bond donors (Lipinski definition) is 3. The Morgan fingerprint density at radius 2 is 2.14 bits per heavy atom. The van der Waals surface area contributed by atoms with Crippen LogP contribution in [0.25, 0.3) is 0 Å². The van der Waals surface area contributed by atoms with Gasteiger partial charge in [-0.1, -0.05) is 0 Å². The molecule has 6 heteroatoms.